The second-order valence-electron chi connectivity index (χ2n) is 6.61. The van der Waals surface area contributed by atoms with Gasteiger partial charge in [-0.1, -0.05) is 13.0 Å². The summed E-state index contributed by atoms with van der Waals surface area (Å²) in [5.74, 6) is -0.442. The largest absolute Gasteiger partial charge is 0.496 e. The first-order valence-electron chi connectivity index (χ1n) is 9.22. The smallest absolute Gasteiger partial charge is 0.356 e. The van der Waals surface area contributed by atoms with E-state index in [9.17, 15) is 14.7 Å². The maximum absolute atomic E-state index is 12.4. The molecule has 30 heavy (non-hydrogen) atoms. The Morgan fingerprint density at radius 1 is 1.37 bits per heavy atom. The van der Waals surface area contributed by atoms with Gasteiger partial charge < -0.3 is 19.6 Å². The molecule has 1 aromatic carbocycles. The lowest BCUT2D eigenvalue weighted by atomic mass is 10.2. The van der Waals surface area contributed by atoms with Gasteiger partial charge in [-0.15, -0.1) is 0 Å². The van der Waals surface area contributed by atoms with Gasteiger partial charge in [0.05, 0.1) is 25.1 Å². The maximum atomic E-state index is 12.4. The summed E-state index contributed by atoms with van der Waals surface area (Å²) >= 11 is 5.18. The fraction of sp³-hybridized carbons (Fsp3) is 0.300. The van der Waals surface area contributed by atoms with Gasteiger partial charge in [0.25, 0.3) is 5.56 Å². The van der Waals surface area contributed by atoms with Crippen molar-refractivity contribution in [3.63, 3.8) is 0 Å². The number of carbonyl (C=O) groups is 1. The van der Waals surface area contributed by atoms with Gasteiger partial charge in [-0.3, -0.25) is 19.3 Å². The summed E-state index contributed by atoms with van der Waals surface area (Å²) in [6.45, 7) is 3.81. The molecule has 0 saturated heterocycles. The molecular formula is C20H22N4O5S. The summed E-state index contributed by atoms with van der Waals surface area (Å²) in [4.78, 5) is 34.6. The van der Waals surface area contributed by atoms with Crippen molar-refractivity contribution in [2.75, 3.05) is 14.2 Å². The molecule has 0 radical (unpaired) electrons. The molecule has 0 amide bonds. The van der Waals surface area contributed by atoms with E-state index in [0.717, 1.165) is 0 Å². The Balaban J connectivity index is 2.26. The third-order valence-corrected chi connectivity index (χ3v) is 5.18. The Hall–Kier alpha value is -3.40. The van der Waals surface area contributed by atoms with Crippen LogP contribution in [0.2, 0.25) is 0 Å². The van der Waals surface area contributed by atoms with Crippen molar-refractivity contribution in [1.82, 2.24) is 14.5 Å². The van der Waals surface area contributed by atoms with Gasteiger partial charge in [-0.2, -0.15) is 0 Å². The van der Waals surface area contributed by atoms with Crippen molar-refractivity contribution in [1.29, 1.82) is 0 Å². The van der Waals surface area contributed by atoms with E-state index in [-0.39, 0.29) is 33.6 Å². The topological polar surface area (TPSA) is 122 Å². The van der Waals surface area contributed by atoms with Crippen LogP contribution < -0.4 is 10.3 Å². The lowest BCUT2D eigenvalue weighted by Crippen LogP contribution is -2.20. The highest BCUT2D eigenvalue weighted by atomic mass is 32.1. The molecule has 0 unspecified atom stereocenters. The number of hydrogen-bond donors (Lipinski definition) is 3. The molecule has 0 aliphatic rings. The molecule has 3 rings (SSSR count). The molecule has 3 aromatic rings. The monoisotopic (exact) mass is 430 g/mol. The molecule has 158 valence electrons. The summed E-state index contributed by atoms with van der Waals surface area (Å²) in [5, 5.41) is 11.2. The number of nitrogens with zero attached hydrogens (tertiary/aromatic N) is 2. The zero-order chi connectivity index (χ0) is 22.0. The Bertz CT molecular complexity index is 1250. The Morgan fingerprint density at radius 2 is 2.10 bits per heavy atom. The number of benzene rings is 1. The number of aliphatic imine (C=N–C) groups is 1. The average molecular weight is 430 g/mol. The van der Waals surface area contributed by atoms with Gasteiger partial charge >= 0.3 is 5.97 Å². The summed E-state index contributed by atoms with van der Waals surface area (Å²) in [5.41, 5.74) is 0.260. The van der Waals surface area contributed by atoms with Crippen molar-refractivity contribution in [2.24, 2.45) is 4.99 Å². The SMILES string of the molecule is CC[C@@H](C)n1c(O)c(C=Nc2c(C(=O)OC)[nH]c3cccc(OC)c23)c(=O)[nH]c1=S. The number of fused-ring (bicyclic) bond motifs is 1. The fourth-order valence-electron chi connectivity index (χ4n) is 3.14. The lowest BCUT2D eigenvalue weighted by molar-refractivity contribution is 0.0596. The number of ether oxygens (including phenoxy) is 2. The minimum atomic E-state index is -0.630. The van der Waals surface area contributed by atoms with Crippen LogP contribution in [-0.2, 0) is 4.74 Å². The van der Waals surface area contributed by atoms with Crippen molar-refractivity contribution in [2.45, 2.75) is 26.3 Å². The van der Waals surface area contributed by atoms with E-state index >= 15 is 0 Å². The Morgan fingerprint density at radius 3 is 2.73 bits per heavy atom. The number of carbonyl (C=O) groups excluding carboxylic acids is 1. The highest BCUT2D eigenvalue weighted by Gasteiger charge is 2.21. The molecule has 0 aliphatic carbocycles. The van der Waals surface area contributed by atoms with E-state index in [4.69, 9.17) is 21.7 Å². The number of aromatic hydroxyl groups is 1. The highest BCUT2D eigenvalue weighted by Crippen LogP contribution is 2.37. The third kappa shape index (κ3) is 3.61. The van der Waals surface area contributed by atoms with Crippen LogP contribution in [0.3, 0.4) is 0 Å². The number of nitrogens with one attached hydrogen (secondary N) is 2. The highest BCUT2D eigenvalue weighted by molar-refractivity contribution is 7.71. The number of esters is 1. The molecule has 1 atom stereocenters. The summed E-state index contributed by atoms with van der Waals surface area (Å²) < 4.78 is 11.8. The molecule has 0 bridgehead atoms. The first-order valence-corrected chi connectivity index (χ1v) is 9.63. The Kier molecular flexibility index (Phi) is 6.06. The normalized spacial score (nSPS) is 12.4. The second-order valence-corrected chi connectivity index (χ2v) is 6.99. The number of H-pyrrole nitrogens is 2. The van der Waals surface area contributed by atoms with Gasteiger partial charge in [-0.05, 0) is 37.7 Å². The van der Waals surface area contributed by atoms with Gasteiger partial charge in [0.2, 0.25) is 5.88 Å². The molecular weight excluding hydrogens is 408 g/mol. The van der Waals surface area contributed by atoms with Gasteiger partial charge in [0.1, 0.15) is 17.0 Å². The number of hydrogen-bond acceptors (Lipinski definition) is 7. The maximum Gasteiger partial charge on any atom is 0.356 e. The number of aromatic nitrogens is 3. The van der Waals surface area contributed by atoms with Crippen LogP contribution in [0.25, 0.3) is 10.9 Å². The quantitative estimate of drug-likeness (QED) is 0.312. The number of aromatic amines is 2. The van der Waals surface area contributed by atoms with Gasteiger partial charge in [-0.25, -0.2) is 4.79 Å². The molecule has 0 fully saturated rings. The summed E-state index contributed by atoms with van der Waals surface area (Å²) in [7, 11) is 2.76. The van der Waals surface area contributed by atoms with Gasteiger partial charge in [0.15, 0.2) is 10.5 Å². The number of rotatable bonds is 6. The molecule has 2 heterocycles. The minimum Gasteiger partial charge on any atom is -0.496 e. The van der Waals surface area contributed by atoms with E-state index in [1.54, 1.807) is 18.2 Å². The van der Waals surface area contributed by atoms with Crippen LogP contribution in [0.5, 0.6) is 11.6 Å². The van der Waals surface area contributed by atoms with Crippen LogP contribution in [0.1, 0.15) is 42.4 Å². The van der Waals surface area contributed by atoms with E-state index in [1.165, 1.54) is 25.0 Å². The predicted molar refractivity (Wildman–Crippen MR) is 116 cm³/mol. The molecule has 2 aromatic heterocycles. The summed E-state index contributed by atoms with van der Waals surface area (Å²) in [6, 6.07) is 5.11. The molecule has 9 nitrogen and oxygen atoms in total. The molecule has 3 N–H and O–H groups in total. The zero-order valence-electron chi connectivity index (χ0n) is 17.0. The van der Waals surface area contributed by atoms with E-state index in [2.05, 4.69) is 15.0 Å². The zero-order valence-corrected chi connectivity index (χ0v) is 17.8. The second kappa shape index (κ2) is 8.54. The molecule has 10 heteroatoms. The Labute approximate surface area is 177 Å². The van der Waals surface area contributed by atoms with E-state index in [0.29, 0.717) is 23.1 Å². The first kappa shape index (κ1) is 21.3. The third-order valence-electron chi connectivity index (χ3n) is 4.88. The molecule has 0 saturated carbocycles. The first-order chi connectivity index (χ1) is 14.3. The van der Waals surface area contributed by atoms with E-state index in [1.807, 2.05) is 13.8 Å². The fourth-order valence-corrected chi connectivity index (χ4v) is 3.50. The van der Waals surface area contributed by atoms with Crippen molar-refractivity contribution in [3.05, 3.63) is 44.6 Å². The lowest BCUT2D eigenvalue weighted by Gasteiger charge is -2.16. The average Bonchev–Trinajstić information content (AvgIpc) is 3.11. The number of methoxy groups -OCH3 is 2. The molecule has 0 aliphatic heterocycles. The van der Waals surface area contributed by atoms with Crippen LogP contribution in [0.15, 0.2) is 28.0 Å². The van der Waals surface area contributed by atoms with Crippen LogP contribution in [0.4, 0.5) is 5.69 Å². The van der Waals surface area contributed by atoms with Crippen LogP contribution in [0, 0.1) is 4.77 Å². The minimum absolute atomic E-state index is 0.0797. The molecule has 0 spiro atoms. The van der Waals surface area contributed by atoms with E-state index < -0.39 is 11.5 Å². The van der Waals surface area contributed by atoms with Crippen molar-refractivity contribution < 1.29 is 19.4 Å². The van der Waals surface area contributed by atoms with Crippen molar-refractivity contribution in [3.8, 4) is 11.6 Å². The van der Waals surface area contributed by atoms with Crippen LogP contribution in [-0.4, -0.2) is 46.0 Å². The van der Waals surface area contributed by atoms with Gasteiger partial charge in [0, 0.05) is 12.3 Å². The standard InChI is InChI=1S/C20H22N4O5S/c1-5-10(2)24-18(26)11(17(25)23-20(24)30)9-21-15-14-12(7-6-8-13(14)28-3)22-16(15)19(27)29-4/h6-10,22,26H,5H2,1-4H3,(H,23,25,30)/t10-/m1/s1. The van der Waals surface area contributed by atoms with Crippen LogP contribution >= 0.6 is 12.2 Å². The summed E-state index contributed by atoms with van der Waals surface area (Å²) in [6.07, 6.45) is 1.89. The van der Waals surface area contributed by atoms with Crippen molar-refractivity contribution >= 4 is 41.0 Å². The predicted octanol–water partition coefficient (Wildman–Crippen LogP) is 3.61.